The maximum atomic E-state index is 10.9. The first-order valence-corrected chi connectivity index (χ1v) is 6.94. The van der Waals surface area contributed by atoms with E-state index in [1.165, 1.54) is 12.1 Å². The van der Waals surface area contributed by atoms with E-state index in [0.717, 1.165) is 19.3 Å². The van der Waals surface area contributed by atoms with Gasteiger partial charge in [-0.25, -0.2) is 0 Å². The van der Waals surface area contributed by atoms with Crippen molar-refractivity contribution in [2.75, 3.05) is 6.61 Å². The summed E-state index contributed by atoms with van der Waals surface area (Å²) in [6.07, 6.45) is 3.26. The van der Waals surface area contributed by atoms with Gasteiger partial charge in [-0.2, -0.15) is 0 Å². The monoisotopic (exact) mass is 244 g/mol. The number of rotatable bonds is 6. The zero-order valence-corrected chi connectivity index (χ0v) is 10.2. The van der Waals surface area contributed by atoms with Crippen LogP contribution in [0.5, 0.6) is 5.75 Å². The normalized spacial score (nSPS) is 11.4. The van der Waals surface area contributed by atoms with Gasteiger partial charge in [0.2, 0.25) is 0 Å². The average Bonchev–Trinajstić information content (AvgIpc) is 2.24. The Morgan fingerprint density at radius 1 is 1.19 bits per heavy atom. The van der Waals surface area contributed by atoms with E-state index in [1.54, 1.807) is 12.1 Å². The van der Waals surface area contributed by atoms with Crippen LogP contribution >= 0.6 is 7.60 Å². The van der Waals surface area contributed by atoms with Gasteiger partial charge in [0.25, 0.3) is 0 Å². The number of benzene rings is 1. The maximum absolute atomic E-state index is 10.9. The standard InChI is InChI=1S/C11H17O4P/c1-2-3-4-9-15-10-5-7-11(8-6-10)16(12,13)14/h5-8H,2-4,9H2,1H3,(H2,12,13,14). The number of ether oxygens (including phenoxy) is 1. The second kappa shape index (κ2) is 6.04. The average molecular weight is 244 g/mol. The van der Waals surface area contributed by atoms with Crippen LogP contribution in [0.2, 0.25) is 0 Å². The summed E-state index contributed by atoms with van der Waals surface area (Å²) in [6.45, 7) is 2.76. The molecule has 1 aromatic rings. The summed E-state index contributed by atoms with van der Waals surface area (Å²) in [7, 11) is -4.13. The van der Waals surface area contributed by atoms with Gasteiger partial charge in [-0.15, -0.1) is 0 Å². The maximum Gasteiger partial charge on any atom is 0.356 e. The molecule has 0 bridgehead atoms. The van der Waals surface area contributed by atoms with Crippen molar-refractivity contribution in [2.24, 2.45) is 0 Å². The van der Waals surface area contributed by atoms with Crippen molar-refractivity contribution in [3.05, 3.63) is 24.3 Å². The molecule has 4 nitrogen and oxygen atoms in total. The van der Waals surface area contributed by atoms with Crippen LogP contribution in [0.3, 0.4) is 0 Å². The third-order valence-corrected chi connectivity index (χ3v) is 3.16. The summed E-state index contributed by atoms with van der Waals surface area (Å²) < 4.78 is 16.3. The van der Waals surface area contributed by atoms with Gasteiger partial charge in [0.1, 0.15) is 5.75 Å². The minimum absolute atomic E-state index is 0.0217. The summed E-state index contributed by atoms with van der Waals surface area (Å²) in [6, 6.07) is 5.96. The van der Waals surface area contributed by atoms with E-state index in [2.05, 4.69) is 6.92 Å². The third-order valence-electron chi connectivity index (χ3n) is 2.19. The molecule has 90 valence electrons. The highest BCUT2D eigenvalue weighted by Crippen LogP contribution is 2.33. The Hall–Kier alpha value is -0.830. The fourth-order valence-corrected chi connectivity index (χ4v) is 1.82. The highest BCUT2D eigenvalue weighted by Gasteiger charge is 2.15. The van der Waals surface area contributed by atoms with Gasteiger partial charge in [0.05, 0.1) is 11.9 Å². The molecular formula is C11H17O4P. The van der Waals surface area contributed by atoms with Crippen LogP contribution in [-0.4, -0.2) is 16.4 Å². The van der Waals surface area contributed by atoms with Crippen LogP contribution in [0.25, 0.3) is 0 Å². The van der Waals surface area contributed by atoms with Gasteiger partial charge in [-0.05, 0) is 30.7 Å². The summed E-state index contributed by atoms with van der Waals surface area (Å²) in [5.41, 5.74) is 0. The Morgan fingerprint density at radius 2 is 1.81 bits per heavy atom. The smallest absolute Gasteiger partial charge is 0.356 e. The minimum atomic E-state index is -4.13. The number of unbranched alkanes of at least 4 members (excludes halogenated alkanes) is 2. The molecule has 0 aliphatic heterocycles. The molecule has 0 spiro atoms. The van der Waals surface area contributed by atoms with Crippen molar-refractivity contribution in [3.8, 4) is 5.75 Å². The lowest BCUT2D eigenvalue weighted by Gasteiger charge is -2.07. The summed E-state index contributed by atoms with van der Waals surface area (Å²) in [5, 5.41) is 0.0217. The zero-order chi connectivity index (χ0) is 12.0. The summed E-state index contributed by atoms with van der Waals surface area (Å²) in [5.74, 6) is 0.647. The predicted octanol–water partition coefficient (Wildman–Crippen LogP) is 2.06. The van der Waals surface area contributed by atoms with Crippen LogP contribution in [0.15, 0.2) is 24.3 Å². The lowest BCUT2D eigenvalue weighted by Crippen LogP contribution is -2.04. The first-order valence-electron chi connectivity index (χ1n) is 5.33. The van der Waals surface area contributed by atoms with Crippen molar-refractivity contribution in [1.82, 2.24) is 0 Å². The molecule has 0 aromatic heterocycles. The lowest BCUT2D eigenvalue weighted by atomic mass is 10.3. The van der Waals surface area contributed by atoms with E-state index in [1.807, 2.05) is 0 Å². The molecule has 1 aromatic carbocycles. The fraction of sp³-hybridized carbons (Fsp3) is 0.455. The molecule has 0 heterocycles. The quantitative estimate of drug-likeness (QED) is 0.593. The molecule has 16 heavy (non-hydrogen) atoms. The molecule has 0 aliphatic carbocycles. The molecule has 0 atom stereocenters. The Balaban J connectivity index is 2.49. The molecule has 2 N–H and O–H groups in total. The van der Waals surface area contributed by atoms with E-state index >= 15 is 0 Å². The molecule has 0 saturated heterocycles. The second-order valence-corrected chi connectivity index (χ2v) is 5.20. The number of hydrogen-bond acceptors (Lipinski definition) is 2. The highest BCUT2D eigenvalue weighted by atomic mass is 31.2. The first-order chi connectivity index (χ1) is 7.54. The molecule has 5 heteroatoms. The van der Waals surface area contributed by atoms with E-state index in [9.17, 15) is 4.57 Å². The molecule has 0 radical (unpaired) electrons. The van der Waals surface area contributed by atoms with Crippen molar-refractivity contribution in [1.29, 1.82) is 0 Å². The Kier molecular flexibility index (Phi) is 5.00. The molecular weight excluding hydrogens is 227 g/mol. The molecule has 0 aliphatic rings. The second-order valence-electron chi connectivity index (χ2n) is 3.59. The Labute approximate surface area is 95.4 Å². The Morgan fingerprint density at radius 3 is 2.31 bits per heavy atom. The lowest BCUT2D eigenvalue weighted by molar-refractivity contribution is 0.306. The van der Waals surface area contributed by atoms with Crippen molar-refractivity contribution < 1.29 is 19.1 Å². The van der Waals surface area contributed by atoms with Gasteiger partial charge in [0, 0.05) is 0 Å². The SMILES string of the molecule is CCCCCOc1ccc(P(=O)(O)O)cc1. The van der Waals surface area contributed by atoms with Crippen molar-refractivity contribution >= 4 is 12.9 Å². The molecule has 0 amide bonds. The third kappa shape index (κ3) is 4.35. The predicted molar refractivity (Wildman–Crippen MR) is 63.1 cm³/mol. The summed E-state index contributed by atoms with van der Waals surface area (Å²) >= 11 is 0. The largest absolute Gasteiger partial charge is 0.494 e. The van der Waals surface area contributed by atoms with E-state index in [4.69, 9.17) is 14.5 Å². The summed E-state index contributed by atoms with van der Waals surface area (Å²) in [4.78, 5) is 17.8. The van der Waals surface area contributed by atoms with Crippen LogP contribution in [0.1, 0.15) is 26.2 Å². The van der Waals surface area contributed by atoms with Crippen molar-refractivity contribution in [3.63, 3.8) is 0 Å². The van der Waals surface area contributed by atoms with Gasteiger partial charge in [-0.3, -0.25) is 4.57 Å². The zero-order valence-electron chi connectivity index (χ0n) is 9.30. The van der Waals surface area contributed by atoms with Crippen LogP contribution in [0, 0.1) is 0 Å². The van der Waals surface area contributed by atoms with E-state index in [-0.39, 0.29) is 5.30 Å². The molecule has 0 unspecified atom stereocenters. The van der Waals surface area contributed by atoms with Gasteiger partial charge < -0.3 is 14.5 Å². The van der Waals surface area contributed by atoms with E-state index < -0.39 is 7.60 Å². The molecule has 1 rings (SSSR count). The van der Waals surface area contributed by atoms with Gasteiger partial charge in [0.15, 0.2) is 0 Å². The topological polar surface area (TPSA) is 66.8 Å². The van der Waals surface area contributed by atoms with Crippen molar-refractivity contribution in [2.45, 2.75) is 26.2 Å². The first kappa shape index (κ1) is 13.2. The van der Waals surface area contributed by atoms with Crippen LogP contribution < -0.4 is 10.0 Å². The number of hydrogen-bond donors (Lipinski definition) is 2. The van der Waals surface area contributed by atoms with Crippen LogP contribution in [-0.2, 0) is 4.57 Å². The van der Waals surface area contributed by atoms with Gasteiger partial charge in [-0.1, -0.05) is 19.8 Å². The minimum Gasteiger partial charge on any atom is -0.494 e. The highest BCUT2D eigenvalue weighted by molar-refractivity contribution is 7.60. The van der Waals surface area contributed by atoms with Gasteiger partial charge >= 0.3 is 7.60 Å². The fourth-order valence-electron chi connectivity index (χ4n) is 1.28. The Bertz CT molecular complexity index is 355. The molecule has 0 saturated carbocycles. The van der Waals surface area contributed by atoms with Crippen LogP contribution in [0.4, 0.5) is 0 Å². The molecule has 0 fully saturated rings. The van der Waals surface area contributed by atoms with E-state index in [0.29, 0.717) is 12.4 Å².